The standard InChI is InChI=1S/C29H51BN6O6/c1-17(2)14-24(30-41-23-16-19-15-22(28(19,4)5)29(23,6)42-30)34-26(38)21(12-9-13-32-27(31)35-36(39)40)33-25(37)20-11-8-7-10-18(20)3/h17-24H,7-16H2,1-6H3,(H,33,37)(H,34,38)(H3,31,32,35)/t18?,19-,20?,21+,22-,23-,24+,29+/m1/s1. The Balaban J connectivity index is 1.45. The molecule has 0 radical (unpaired) electrons. The molecule has 236 valence electrons. The Morgan fingerprint density at radius 1 is 1.17 bits per heavy atom. The summed E-state index contributed by atoms with van der Waals surface area (Å²) in [5.74, 6) is 0.397. The van der Waals surface area contributed by atoms with Crippen LogP contribution in [0.1, 0.15) is 99.3 Å². The van der Waals surface area contributed by atoms with Crippen LogP contribution in [0.5, 0.6) is 0 Å². The van der Waals surface area contributed by atoms with Gasteiger partial charge in [0.1, 0.15) is 6.04 Å². The molecule has 1 aliphatic heterocycles. The molecule has 5 aliphatic rings. The third kappa shape index (κ3) is 7.04. The summed E-state index contributed by atoms with van der Waals surface area (Å²) >= 11 is 0. The first-order chi connectivity index (χ1) is 19.7. The highest BCUT2D eigenvalue weighted by atomic mass is 16.7. The molecule has 5 fully saturated rings. The van der Waals surface area contributed by atoms with Crippen LogP contribution in [0.15, 0.2) is 4.99 Å². The number of carbonyl (C=O) groups is 2. The number of nitrogens with two attached hydrogens (primary N) is 1. The molecule has 0 aromatic rings. The van der Waals surface area contributed by atoms with Gasteiger partial charge in [-0.2, -0.15) is 0 Å². The van der Waals surface area contributed by atoms with E-state index < -0.39 is 18.2 Å². The number of carbonyl (C=O) groups excluding carboxylic acids is 2. The summed E-state index contributed by atoms with van der Waals surface area (Å²) in [6, 6.07) is -0.785. The number of hydrazine groups is 1. The van der Waals surface area contributed by atoms with Gasteiger partial charge in [-0.15, -0.1) is 0 Å². The van der Waals surface area contributed by atoms with Gasteiger partial charge in [0.25, 0.3) is 5.96 Å². The predicted molar refractivity (Wildman–Crippen MR) is 160 cm³/mol. The van der Waals surface area contributed by atoms with E-state index in [1.807, 2.05) is 5.43 Å². The molecule has 4 saturated carbocycles. The van der Waals surface area contributed by atoms with Gasteiger partial charge >= 0.3 is 7.12 Å². The van der Waals surface area contributed by atoms with Crippen molar-refractivity contribution in [1.82, 2.24) is 16.1 Å². The molecule has 13 heteroatoms. The van der Waals surface area contributed by atoms with Crippen molar-refractivity contribution in [2.24, 2.45) is 45.7 Å². The number of amides is 2. The first-order valence-corrected chi connectivity index (χ1v) is 15.9. The topological polar surface area (TPSA) is 170 Å². The Labute approximate surface area is 250 Å². The quantitative estimate of drug-likeness (QED) is 0.0671. The van der Waals surface area contributed by atoms with Crippen molar-refractivity contribution in [3.63, 3.8) is 0 Å². The van der Waals surface area contributed by atoms with E-state index in [4.69, 9.17) is 15.0 Å². The first kappa shape index (κ1) is 32.5. The Hall–Kier alpha value is -2.41. The lowest BCUT2D eigenvalue weighted by Gasteiger charge is -2.64. The summed E-state index contributed by atoms with van der Waals surface area (Å²) in [7, 11) is -0.561. The summed E-state index contributed by atoms with van der Waals surface area (Å²) in [5.41, 5.74) is 7.18. The molecule has 0 aromatic carbocycles. The highest BCUT2D eigenvalue weighted by Crippen LogP contribution is 2.65. The van der Waals surface area contributed by atoms with E-state index >= 15 is 0 Å². The monoisotopic (exact) mass is 590 g/mol. The van der Waals surface area contributed by atoms with E-state index in [0.29, 0.717) is 31.1 Å². The number of hydrogen-bond acceptors (Lipinski definition) is 7. The van der Waals surface area contributed by atoms with Crippen molar-refractivity contribution in [2.75, 3.05) is 6.54 Å². The van der Waals surface area contributed by atoms with E-state index in [-0.39, 0.29) is 65.1 Å². The minimum atomic E-state index is -0.785. The number of rotatable bonds is 12. The molecule has 0 spiro atoms. The summed E-state index contributed by atoms with van der Waals surface area (Å²) in [4.78, 5) is 41.7. The Bertz CT molecular complexity index is 1040. The molecule has 2 amide bonds. The van der Waals surface area contributed by atoms with Gasteiger partial charge in [0.2, 0.25) is 11.8 Å². The van der Waals surface area contributed by atoms with Crippen molar-refractivity contribution in [2.45, 2.75) is 123 Å². The van der Waals surface area contributed by atoms with Crippen molar-refractivity contribution in [3.8, 4) is 0 Å². The summed E-state index contributed by atoms with van der Waals surface area (Å²) in [5, 5.41) is 16.0. The molecule has 4 aliphatic carbocycles. The van der Waals surface area contributed by atoms with Crippen LogP contribution < -0.4 is 21.8 Å². The van der Waals surface area contributed by atoms with Gasteiger partial charge in [-0.25, -0.2) is 15.1 Å². The molecule has 2 bridgehead atoms. The van der Waals surface area contributed by atoms with Gasteiger partial charge in [0, 0.05) is 12.5 Å². The molecule has 12 nitrogen and oxygen atoms in total. The second kappa shape index (κ2) is 13.1. The first-order valence-electron chi connectivity index (χ1n) is 15.9. The fourth-order valence-electron chi connectivity index (χ4n) is 7.98. The molecular weight excluding hydrogens is 539 g/mol. The summed E-state index contributed by atoms with van der Waals surface area (Å²) in [6.07, 6.45) is 7.43. The van der Waals surface area contributed by atoms with Crippen LogP contribution in [0, 0.1) is 45.1 Å². The van der Waals surface area contributed by atoms with E-state index in [9.17, 15) is 19.7 Å². The van der Waals surface area contributed by atoms with Gasteiger partial charge in [-0.1, -0.05) is 52.9 Å². The Kier molecular flexibility index (Phi) is 10.1. The molecule has 5 rings (SSSR count). The molecule has 1 saturated heterocycles. The molecule has 2 unspecified atom stereocenters. The second-order valence-electron chi connectivity index (χ2n) is 14.3. The lowest BCUT2D eigenvalue weighted by atomic mass is 9.43. The Morgan fingerprint density at radius 3 is 2.52 bits per heavy atom. The summed E-state index contributed by atoms with van der Waals surface area (Å²) in [6.45, 7) is 13.3. The van der Waals surface area contributed by atoms with Crippen LogP contribution in [-0.4, -0.2) is 60.2 Å². The van der Waals surface area contributed by atoms with Gasteiger partial charge in [0.05, 0.1) is 17.6 Å². The molecule has 1 heterocycles. The Morgan fingerprint density at radius 2 is 1.88 bits per heavy atom. The molecule has 8 atom stereocenters. The smallest absolute Gasteiger partial charge is 0.404 e. The fraction of sp³-hybridized carbons (Fsp3) is 0.897. The van der Waals surface area contributed by atoms with E-state index in [1.165, 1.54) is 0 Å². The minimum Gasteiger partial charge on any atom is -0.404 e. The van der Waals surface area contributed by atoms with Crippen molar-refractivity contribution < 1.29 is 23.9 Å². The molecule has 0 aromatic heterocycles. The van der Waals surface area contributed by atoms with Crippen molar-refractivity contribution in [3.05, 3.63) is 10.1 Å². The third-order valence-corrected chi connectivity index (χ3v) is 10.6. The maximum absolute atomic E-state index is 13.8. The zero-order chi connectivity index (χ0) is 30.8. The number of nitrogens with one attached hydrogen (secondary N) is 3. The third-order valence-electron chi connectivity index (χ3n) is 10.6. The zero-order valence-corrected chi connectivity index (χ0v) is 26.2. The molecular formula is C29H51BN6O6. The second-order valence-corrected chi connectivity index (χ2v) is 14.3. The number of hydrogen-bond donors (Lipinski definition) is 4. The molecule has 5 N–H and O–H groups in total. The fourth-order valence-corrected chi connectivity index (χ4v) is 7.98. The molecule has 42 heavy (non-hydrogen) atoms. The predicted octanol–water partition coefficient (Wildman–Crippen LogP) is 2.97. The minimum absolute atomic E-state index is 0.00484. The normalized spacial score (nSPS) is 33.3. The van der Waals surface area contributed by atoms with Crippen LogP contribution in [-0.2, 0) is 18.9 Å². The number of guanidine groups is 1. The van der Waals surface area contributed by atoms with E-state index in [2.05, 4.69) is 57.2 Å². The average molecular weight is 591 g/mol. The lowest BCUT2D eigenvalue weighted by molar-refractivity contribution is -0.525. The van der Waals surface area contributed by atoms with Gasteiger partial charge in [0.15, 0.2) is 5.03 Å². The number of nitro groups is 1. The highest BCUT2D eigenvalue weighted by Gasteiger charge is 2.68. The van der Waals surface area contributed by atoms with Crippen LogP contribution in [0.2, 0.25) is 0 Å². The van der Waals surface area contributed by atoms with Crippen LogP contribution in [0.4, 0.5) is 0 Å². The largest absolute Gasteiger partial charge is 0.481 e. The SMILES string of the molecule is CC(C)C[C@H](NC(=O)[C@H](CCCN=C(N)N[N+](=O)[O-])NC(=O)C1CCCCC1C)B1O[C@@H]2C[C@H]3C[C@H](C3(C)C)[C@]2(C)O1. The van der Waals surface area contributed by atoms with Crippen molar-refractivity contribution >= 4 is 24.9 Å². The van der Waals surface area contributed by atoms with Crippen LogP contribution in [0.25, 0.3) is 0 Å². The zero-order valence-electron chi connectivity index (χ0n) is 26.2. The van der Waals surface area contributed by atoms with E-state index in [0.717, 1.165) is 38.5 Å². The van der Waals surface area contributed by atoms with Crippen molar-refractivity contribution in [1.29, 1.82) is 0 Å². The average Bonchev–Trinajstić information content (AvgIpc) is 3.26. The van der Waals surface area contributed by atoms with Gasteiger partial charge in [-0.3, -0.25) is 9.59 Å². The van der Waals surface area contributed by atoms with Gasteiger partial charge < -0.3 is 25.7 Å². The lowest BCUT2D eigenvalue weighted by Crippen LogP contribution is -2.65. The summed E-state index contributed by atoms with van der Waals surface area (Å²) < 4.78 is 13.2. The van der Waals surface area contributed by atoms with E-state index in [1.54, 1.807) is 0 Å². The highest BCUT2D eigenvalue weighted by molar-refractivity contribution is 6.48. The maximum atomic E-state index is 13.8. The van der Waals surface area contributed by atoms with Crippen LogP contribution in [0.3, 0.4) is 0 Å². The van der Waals surface area contributed by atoms with Crippen LogP contribution >= 0.6 is 0 Å². The number of nitrogens with zero attached hydrogens (tertiary/aromatic N) is 2. The number of aliphatic imine (C=N–C) groups is 1. The maximum Gasteiger partial charge on any atom is 0.481 e. The van der Waals surface area contributed by atoms with Gasteiger partial charge in [-0.05, 0) is 81.0 Å².